The van der Waals surface area contributed by atoms with Crippen molar-refractivity contribution in [2.75, 3.05) is 38.1 Å². The molecule has 0 bridgehead atoms. The maximum absolute atomic E-state index is 13.6. The number of hydrogen-bond acceptors (Lipinski definition) is 6. The molecule has 2 aromatic carbocycles. The number of hydrogen-bond donors (Lipinski definition) is 0. The molecule has 2 aliphatic heterocycles. The standard InChI is InChI=1S/C27H28N4O2S2/c1-18-8-10-19(11-9-18)17-31-26(33)23(35-27(31)34)16-21-24(30-14-12-28(2)13-15-30)20-6-4-5-7-22(20)29(3)25(21)32/h4-11,16H,12-15,17H2,1-3H3. The second-order valence-electron chi connectivity index (χ2n) is 9.19. The van der Waals surface area contributed by atoms with Crippen LogP contribution < -0.4 is 10.5 Å². The predicted molar refractivity (Wildman–Crippen MR) is 149 cm³/mol. The minimum absolute atomic E-state index is 0.110. The average Bonchev–Trinajstić information content (AvgIpc) is 3.12. The molecule has 2 saturated heterocycles. The molecule has 2 fully saturated rings. The molecule has 5 rings (SSSR count). The van der Waals surface area contributed by atoms with Crippen molar-refractivity contribution in [2.24, 2.45) is 7.05 Å². The zero-order chi connectivity index (χ0) is 24.7. The molecule has 0 spiro atoms. The van der Waals surface area contributed by atoms with E-state index in [1.807, 2.05) is 49.4 Å². The number of piperazine rings is 1. The van der Waals surface area contributed by atoms with E-state index in [4.69, 9.17) is 12.2 Å². The Kier molecular flexibility index (Phi) is 6.53. The fraction of sp³-hybridized carbons (Fsp3) is 0.296. The van der Waals surface area contributed by atoms with Crippen LogP contribution in [0.2, 0.25) is 0 Å². The zero-order valence-electron chi connectivity index (χ0n) is 20.2. The Morgan fingerprint density at radius 3 is 2.37 bits per heavy atom. The Morgan fingerprint density at radius 2 is 1.66 bits per heavy atom. The summed E-state index contributed by atoms with van der Waals surface area (Å²) in [6.07, 6.45) is 1.76. The summed E-state index contributed by atoms with van der Waals surface area (Å²) in [7, 11) is 3.90. The molecular weight excluding hydrogens is 476 g/mol. The van der Waals surface area contributed by atoms with Crippen molar-refractivity contribution in [3.63, 3.8) is 0 Å². The van der Waals surface area contributed by atoms with Crippen molar-refractivity contribution >= 4 is 56.9 Å². The number of anilines is 1. The van der Waals surface area contributed by atoms with Gasteiger partial charge in [0.2, 0.25) is 0 Å². The van der Waals surface area contributed by atoms with E-state index in [0.29, 0.717) is 21.3 Å². The third kappa shape index (κ3) is 4.53. The summed E-state index contributed by atoms with van der Waals surface area (Å²) >= 11 is 6.84. The van der Waals surface area contributed by atoms with E-state index in [0.717, 1.165) is 48.3 Å². The SMILES string of the molecule is Cc1ccc(CN2C(=O)C(=Cc3c(N4CCN(C)CC4)c4ccccc4n(C)c3=O)SC2=S)cc1. The Morgan fingerprint density at radius 1 is 0.971 bits per heavy atom. The van der Waals surface area contributed by atoms with Crippen LogP contribution in [0.1, 0.15) is 16.7 Å². The highest BCUT2D eigenvalue weighted by molar-refractivity contribution is 8.26. The fourth-order valence-corrected chi connectivity index (χ4v) is 5.88. The van der Waals surface area contributed by atoms with Gasteiger partial charge in [0.25, 0.3) is 11.5 Å². The molecule has 0 saturated carbocycles. The van der Waals surface area contributed by atoms with Gasteiger partial charge in [0, 0.05) is 38.6 Å². The van der Waals surface area contributed by atoms with Gasteiger partial charge in [-0.1, -0.05) is 72.0 Å². The number of amides is 1. The lowest BCUT2D eigenvalue weighted by molar-refractivity contribution is -0.122. The molecular formula is C27H28N4O2S2. The lowest BCUT2D eigenvalue weighted by Gasteiger charge is -2.35. The molecule has 0 unspecified atom stereocenters. The van der Waals surface area contributed by atoms with Crippen molar-refractivity contribution in [2.45, 2.75) is 13.5 Å². The van der Waals surface area contributed by atoms with Crippen LogP contribution in [0, 0.1) is 6.92 Å². The number of para-hydroxylation sites is 1. The van der Waals surface area contributed by atoms with Gasteiger partial charge in [-0.05, 0) is 31.7 Å². The van der Waals surface area contributed by atoms with Gasteiger partial charge >= 0.3 is 0 Å². The summed E-state index contributed by atoms with van der Waals surface area (Å²) in [5, 5.41) is 1.01. The zero-order valence-corrected chi connectivity index (χ0v) is 21.8. The quantitative estimate of drug-likeness (QED) is 0.396. The Labute approximate surface area is 214 Å². The van der Waals surface area contributed by atoms with Crippen LogP contribution in [0.15, 0.2) is 58.2 Å². The van der Waals surface area contributed by atoms with E-state index in [1.54, 1.807) is 22.6 Å². The smallest absolute Gasteiger partial charge is 0.266 e. The molecule has 2 aliphatic rings. The number of rotatable bonds is 4. The van der Waals surface area contributed by atoms with E-state index in [-0.39, 0.29) is 11.5 Å². The van der Waals surface area contributed by atoms with Crippen LogP contribution in [0.3, 0.4) is 0 Å². The summed E-state index contributed by atoms with van der Waals surface area (Å²) in [4.78, 5) is 33.7. The number of carbonyl (C=O) groups is 1. The van der Waals surface area contributed by atoms with Crippen LogP contribution in [-0.4, -0.2) is 57.8 Å². The van der Waals surface area contributed by atoms with Gasteiger partial charge < -0.3 is 14.4 Å². The highest BCUT2D eigenvalue weighted by Gasteiger charge is 2.33. The first kappa shape index (κ1) is 23.8. The van der Waals surface area contributed by atoms with Crippen LogP contribution in [0.5, 0.6) is 0 Å². The highest BCUT2D eigenvalue weighted by atomic mass is 32.2. The molecule has 8 heteroatoms. The van der Waals surface area contributed by atoms with Gasteiger partial charge in [-0.3, -0.25) is 14.5 Å². The monoisotopic (exact) mass is 504 g/mol. The second kappa shape index (κ2) is 9.60. The number of benzene rings is 2. The molecule has 6 nitrogen and oxygen atoms in total. The molecule has 0 radical (unpaired) electrons. The molecule has 1 amide bonds. The molecule has 1 aromatic heterocycles. The summed E-state index contributed by atoms with van der Waals surface area (Å²) in [5.74, 6) is -0.153. The van der Waals surface area contributed by atoms with Crippen molar-refractivity contribution in [1.29, 1.82) is 0 Å². The normalized spacial score (nSPS) is 18.3. The Bertz CT molecular complexity index is 1400. The Hall–Kier alpha value is -2.94. The summed E-state index contributed by atoms with van der Waals surface area (Å²) < 4.78 is 2.19. The highest BCUT2D eigenvalue weighted by Crippen LogP contribution is 2.36. The van der Waals surface area contributed by atoms with E-state index >= 15 is 0 Å². The summed E-state index contributed by atoms with van der Waals surface area (Å²) in [5.41, 5.74) is 4.42. The maximum Gasteiger partial charge on any atom is 0.266 e. The first-order valence-electron chi connectivity index (χ1n) is 11.7. The molecule has 0 aliphatic carbocycles. The second-order valence-corrected chi connectivity index (χ2v) is 10.9. The molecule has 35 heavy (non-hydrogen) atoms. The fourth-order valence-electron chi connectivity index (χ4n) is 4.65. The summed E-state index contributed by atoms with van der Waals surface area (Å²) in [6, 6.07) is 16.1. The summed E-state index contributed by atoms with van der Waals surface area (Å²) in [6.45, 7) is 5.94. The number of likely N-dealkylation sites (N-methyl/N-ethyl adjacent to an activating group) is 1. The number of aryl methyl sites for hydroxylation is 2. The minimum Gasteiger partial charge on any atom is -0.368 e. The van der Waals surface area contributed by atoms with E-state index in [1.165, 1.54) is 17.3 Å². The topological polar surface area (TPSA) is 48.8 Å². The third-order valence-electron chi connectivity index (χ3n) is 6.74. The molecule has 0 atom stereocenters. The van der Waals surface area contributed by atoms with Crippen LogP contribution in [0.4, 0.5) is 5.69 Å². The number of thiocarbonyl (C=S) groups is 1. The van der Waals surface area contributed by atoms with E-state index in [2.05, 4.69) is 22.9 Å². The molecule has 3 heterocycles. The first-order chi connectivity index (χ1) is 16.8. The Balaban J connectivity index is 1.58. The third-order valence-corrected chi connectivity index (χ3v) is 8.12. The van der Waals surface area contributed by atoms with Crippen LogP contribution in [0.25, 0.3) is 17.0 Å². The number of nitrogens with zero attached hydrogens (tertiary/aromatic N) is 4. The number of carbonyl (C=O) groups excluding carboxylic acids is 1. The average molecular weight is 505 g/mol. The molecule has 3 aromatic rings. The van der Waals surface area contributed by atoms with E-state index in [9.17, 15) is 9.59 Å². The lowest BCUT2D eigenvalue weighted by Crippen LogP contribution is -2.45. The minimum atomic E-state index is -0.153. The molecule has 0 N–H and O–H groups in total. The number of fused-ring (bicyclic) bond motifs is 1. The largest absolute Gasteiger partial charge is 0.368 e. The predicted octanol–water partition coefficient (Wildman–Crippen LogP) is 4.00. The number of pyridine rings is 1. The maximum atomic E-state index is 13.6. The van der Waals surface area contributed by atoms with Gasteiger partial charge in [0.05, 0.1) is 28.2 Å². The number of thioether (sulfide) groups is 1. The van der Waals surface area contributed by atoms with Gasteiger partial charge in [-0.25, -0.2) is 0 Å². The first-order valence-corrected chi connectivity index (χ1v) is 12.9. The van der Waals surface area contributed by atoms with Crippen molar-refractivity contribution in [1.82, 2.24) is 14.4 Å². The van der Waals surface area contributed by atoms with Gasteiger partial charge in [-0.15, -0.1) is 0 Å². The number of aromatic nitrogens is 1. The van der Waals surface area contributed by atoms with Gasteiger partial charge in [0.15, 0.2) is 0 Å². The lowest BCUT2D eigenvalue weighted by atomic mass is 10.1. The van der Waals surface area contributed by atoms with Crippen LogP contribution >= 0.6 is 24.0 Å². The van der Waals surface area contributed by atoms with Crippen molar-refractivity contribution in [3.05, 3.63) is 80.5 Å². The van der Waals surface area contributed by atoms with Crippen molar-refractivity contribution < 1.29 is 4.79 Å². The van der Waals surface area contributed by atoms with E-state index < -0.39 is 0 Å². The van der Waals surface area contributed by atoms with Crippen LogP contribution in [-0.2, 0) is 18.4 Å². The van der Waals surface area contributed by atoms with Crippen molar-refractivity contribution in [3.8, 4) is 0 Å². The van der Waals surface area contributed by atoms with Gasteiger partial charge in [0.1, 0.15) is 4.32 Å². The van der Waals surface area contributed by atoms with Gasteiger partial charge in [-0.2, -0.15) is 0 Å². The molecule has 180 valence electrons.